The lowest BCUT2D eigenvalue weighted by Crippen LogP contribution is -1.96. The largest absolute Gasteiger partial charge is 0.363 e. The number of hydrogen-bond acceptors (Lipinski definition) is 4. The van der Waals surface area contributed by atoms with Crippen LogP contribution in [0.3, 0.4) is 0 Å². The lowest BCUT2D eigenvalue weighted by atomic mass is 10.4. The average molecular weight is 215 g/mol. The second-order valence-corrected chi connectivity index (χ2v) is 4.24. The summed E-state index contributed by atoms with van der Waals surface area (Å²) in [5, 5.41) is 6.82. The van der Waals surface area contributed by atoms with Crippen molar-refractivity contribution in [2.45, 2.75) is 6.54 Å². The van der Waals surface area contributed by atoms with Crippen molar-refractivity contribution < 1.29 is 4.52 Å². The van der Waals surface area contributed by atoms with E-state index in [0.717, 1.165) is 16.7 Å². The molecule has 5 heteroatoms. The zero-order chi connectivity index (χ0) is 9.10. The number of nitrogens with zero attached hydrogens (tertiary/aromatic N) is 1. The number of halogens is 1. The molecule has 0 bridgehead atoms. The minimum absolute atomic E-state index is 0.726. The van der Waals surface area contributed by atoms with Crippen molar-refractivity contribution in [2.24, 2.45) is 0 Å². The number of aromatic nitrogens is 1. The predicted molar refractivity (Wildman–Crippen MR) is 53.2 cm³/mol. The zero-order valence-electron chi connectivity index (χ0n) is 6.66. The van der Waals surface area contributed by atoms with Gasteiger partial charge in [0.25, 0.3) is 0 Å². The van der Waals surface area contributed by atoms with Gasteiger partial charge >= 0.3 is 0 Å². The third-order valence-electron chi connectivity index (χ3n) is 1.51. The molecule has 2 aromatic rings. The molecule has 2 aromatic heterocycles. The Bertz CT molecular complexity index is 371. The molecule has 0 aliphatic heterocycles. The van der Waals surface area contributed by atoms with E-state index >= 15 is 0 Å². The van der Waals surface area contributed by atoms with Crippen LogP contribution in [0.25, 0.3) is 0 Å². The van der Waals surface area contributed by atoms with Gasteiger partial charge in [0.2, 0.25) is 0 Å². The molecule has 13 heavy (non-hydrogen) atoms. The Morgan fingerprint density at radius 2 is 2.38 bits per heavy atom. The van der Waals surface area contributed by atoms with Crippen LogP contribution in [0.4, 0.5) is 5.82 Å². The summed E-state index contributed by atoms with van der Waals surface area (Å²) >= 11 is 7.33. The molecule has 0 aliphatic carbocycles. The number of nitrogens with one attached hydrogen (secondary N) is 1. The zero-order valence-corrected chi connectivity index (χ0v) is 8.23. The summed E-state index contributed by atoms with van der Waals surface area (Å²) in [5.41, 5.74) is 0. The topological polar surface area (TPSA) is 38.1 Å². The summed E-state index contributed by atoms with van der Waals surface area (Å²) in [5.74, 6) is 0.740. The Balaban J connectivity index is 1.93. The van der Waals surface area contributed by atoms with Gasteiger partial charge in [0.1, 0.15) is 6.26 Å². The molecule has 0 saturated carbocycles. The first-order valence-electron chi connectivity index (χ1n) is 3.73. The first-order chi connectivity index (χ1) is 6.34. The highest BCUT2D eigenvalue weighted by Gasteiger charge is 1.98. The van der Waals surface area contributed by atoms with Gasteiger partial charge in [-0.25, -0.2) is 0 Å². The van der Waals surface area contributed by atoms with Crippen LogP contribution < -0.4 is 5.32 Å². The highest BCUT2D eigenvalue weighted by atomic mass is 35.5. The lowest BCUT2D eigenvalue weighted by molar-refractivity contribution is 0.422. The van der Waals surface area contributed by atoms with E-state index in [1.165, 1.54) is 11.1 Å². The SMILES string of the molecule is Clc1ccc(CNc2ccon2)s1. The van der Waals surface area contributed by atoms with Crippen LogP contribution in [-0.2, 0) is 6.54 Å². The molecule has 1 N–H and O–H groups in total. The van der Waals surface area contributed by atoms with Crippen LogP contribution in [0.1, 0.15) is 4.88 Å². The molecule has 0 fully saturated rings. The molecule has 3 nitrogen and oxygen atoms in total. The molecule has 0 saturated heterocycles. The van der Waals surface area contributed by atoms with E-state index < -0.39 is 0 Å². The van der Waals surface area contributed by atoms with Crippen molar-refractivity contribution in [3.8, 4) is 0 Å². The van der Waals surface area contributed by atoms with Crippen LogP contribution in [0.5, 0.6) is 0 Å². The van der Waals surface area contributed by atoms with E-state index in [1.807, 2.05) is 12.1 Å². The third-order valence-corrected chi connectivity index (χ3v) is 2.74. The second-order valence-electron chi connectivity index (χ2n) is 2.44. The van der Waals surface area contributed by atoms with Gasteiger partial charge in [-0.05, 0) is 12.1 Å². The van der Waals surface area contributed by atoms with Crippen LogP contribution in [-0.4, -0.2) is 5.16 Å². The van der Waals surface area contributed by atoms with Gasteiger partial charge < -0.3 is 9.84 Å². The van der Waals surface area contributed by atoms with E-state index in [-0.39, 0.29) is 0 Å². The third kappa shape index (κ3) is 2.23. The summed E-state index contributed by atoms with van der Waals surface area (Å²) in [6, 6.07) is 5.64. The summed E-state index contributed by atoms with van der Waals surface area (Å²) in [6.07, 6.45) is 1.53. The molecule has 0 radical (unpaired) electrons. The van der Waals surface area contributed by atoms with Crippen molar-refractivity contribution in [3.05, 3.63) is 33.7 Å². The summed E-state index contributed by atoms with van der Waals surface area (Å²) in [7, 11) is 0. The predicted octanol–water partition coefficient (Wildman–Crippen LogP) is 3.00. The van der Waals surface area contributed by atoms with Crippen molar-refractivity contribution in [1.82, 2.24) is 5.16 Å². The normalized spacial score (nSPS) is 10.2. The molecule has 2 rings (SSSR count). The first kappa shape index (κ1) is 8.59. The van der Waals surface area contributed by atoms with E-state index in [4.69, 9.17) is 11.6 Å². The van der Waals surface area contributed by atoms with Gasteiger partial charge in [-0.2, -0.15) is 0 Å². The van der Waals surface area contributed by atoms with Crippen molar-refractivity contribution in [3.63, 3.8) is 0 Å². The fourth-order valence-corrected chi connectivity index (χ4v) is 1.96. The van der Waals surface area contributed by atoms with Gasteiger partial charge in [-0.15, -0.1) is 11.3 Å². The van der Waals surface area contributed by atoms with Gasteiger partial charge in [0.15, 0.2) is 5.82 Å². The first-order valence-corrected chi connectivity index (χ1v) is 4.92. The maximum Gasteiger partial charge on any atom is 0.169 e. The van der Waals surface area contributed by atoms with Crippen molar-refractivity contribution >= 4 is 28.8 Å². The smallest absolute Gasteiger partial charge is 0.169 e. The number of hydrogen-bond donors (Lipinski definition) is 1. The molecular weight excluding hydrogens is 208 g/mol. The summed E-state index contributed by atoms with van der Waals surface area (Å²) in [6.45, 7) is 0.726. The number of thiophene rings is 1. The lowest BCUT2D eigenvalue weighted by Gasteiger charge is -1.97. The molecule has 68 valence electrons. The molecule has 0 spiro atoms. The molecule has 0 unspecified atom stereocenters. The quantitative estimate of drug-likeness (QED) is 0.854. The Hall–Kier alpha value is -1.00. The van der Waals surface area contributed by atoms with Gasteiger partial charge in [0.05, 0.1) is 10.9 Å². The molecule has 0 amide bonds. The number of anilines is 1. The van der Waals surface area contributed by atoms with Gasteiger partial charge in [0, 0.05) is 10.9 Å². The van der Waals surface area contributed by atoms with Gasteiger partial charge in [-0.3, -0.25) is 0 Å². The van der Waals surface area contributed by atoms with Crippen molar-refractivity contribution in [2.75, 3.05) is 5.32 Å². The van der Waals surface area contributed by atoms with E-state index in [2.05, 4.69) is 15.0 Å². The standard InChI is InChI=1S/C8H7ClN2OS/c9-7-2-1-6(13-7)5-10-8-3-4-12-11-8/h1-4H,5H2,(H,10,11). The monoisotopic (exact) mass is 214 g/mol. The maximum atomic E-state index is 5.78. The Morgan fingerprint density at radius 3 is 3.00 bits per heavy atom. The van der Waals surface area contributed by atoms with E-state index in [9.17, 15) is 0 Å². The van der Waals surface area contributed by atoms with Gasteiger partial charge in [-0.1, -0.05) is 16.8 Å². The Morgan fingerprint density at radius 1 is 1.46 bits per heavy atom. The summed E-state index contributed by atoms with van der Waals surface area (Å²) < 4.78 is 5.48. The fourth-order valence-electron chi connectivity index (χ4n) is 0.928. The molecule has 2 heterocycles. The molecular formula is C8H7ClN2OS. The minimum Gasteiger partial charge on any atom is -0.363 e. The van der Waals surface area contributed by atoms with E-state index in [0.29, 0.717) is 0 Å². The van der Waals surface area contributed by atoms with E-state index in [1.54, 1.807) is 17.4 Å². The summed E-state index contributed by atoms with van der Waals surface area (Å²) in [4.78, 5) is 1.17. The van der Waals surface area contributed by atoms with Crippen LogP contribution in [0.15, 0.2) is 29.0 Å². The van der Waals surface area contributed by atoms with Crippen LogP contribution in [0.2, 0.25) is 4.34 Å². The number of rotatable bonds is 3. The highest BCUT2D eigenvalue weighted by Crippen LogP contribution is 2.21. The molecule has 0 atom stereocenters. The minimum atomic E-state index is 0.726. The second kappa shape index (κ2) is 3.81. The molecule has 0 aliphatic rings. The maximum absolute atomic E-state index is 5.78. The van der Waals surface area contributed by atoms with Crippen LogP contribution in [0, 0.1) is 0 Å². The van der Waals surface area contributed by atoms with Crippen LogP contribution >= 0.6 is 22.9 Å². The Labute approximate surface area is 84.3 Å². The molecule has 0 aromatic carbocycles. The highest BCUT2D eigenvalue weighted by molar-refractivity contribution is 7.16. The van der Waals surface area contributed by atoms with Crippen molar-refractivity contribution in [1.29, 1.82) is 0 Å². The fraction of sp³-hybridized carbons (Fsp3) is 0.125. The average Bonchev–Trinajstić information content (AvgIpc) is 2.71. The Kier molecular flexibility index (Phi) is 2.52.